The highest BCUT2D eigenvalue weighted by atomic mass is 19.1. The maximum atomic E-state index is 13.9. The zero-order valence-electron chi connectivity index (χ0n) is 18.5. The van der Waals surface area contributed by atoms with Crippen molar-refractivity contribution in [3.63, 3.8) is 0 Å². The van der Waals surface area contributed by atoms with Gasteiger partial charge >= 0.3 is 0 Å². The lowest BCUT2D eigenvalue weighted by Gasteiger charge is -2.15. The molecule has 33 heavy (non-hydrogen) atoms. The number of carbonyl (C=O) groups excluding carboxylic acids is 2. The van der Waals surface area contributed by atoms with Crippen LogP contribution in [0.3, 0.4) is 0 Å². The van der Waals surface area contributed by atoms with Crippen molar-refractivity contribution >= 4 is 28.8 Å². The van der Waals surface area contributed by atoms with Crippen LogP contribution in [0.4, 0.5) is 15.8 Å². The second kappa shape index (κ2) is 9.16. The van der Waals surface area contributed by atoms with E-state index < -0.39 is 17.6 Å². The highest BCUT2D eigenvalue weighted by Gasteiger charge is 2.40. The molecule has 0 saturated carbocycles. The Bertz CT molecular complexity index is 1240. The maximum absolute atomic E-state index is 13.9. The molecule has 0 atom stereocenters. The number of amides is 2. The molecule has 168 valence electrons. The van der Waals surface area contributed by atoms with E-state index in [4.69, 9.17) is 9.47 Å². The first kappa shape index (κ1) is 22.1. The van der Waals surface area contributed by atoms with E-state index in [1.807, 2.05) is 13.8 Å². The van der Waals surface area contributed by atoms with Gasteiger partial charge in [-0.1, -0.05) is 24.3 Å². The summed E-state index contributed by atoms with van der Waals surface area (Å²) in [4.78, 5) is 27.8. The smallest absolute Gasteiger partial charge is 0.282 e. The summed E-state index contributed by atoms with van der Waals surface area (Å²) in [7, 11) is 1.54. The number of nitrogens with zero attached hydrogens (tertiary/aromatic N) is 1. The van der Waals surface area contributed by atoms with Crippen molar-refractivity contribution in [2.24, 2.45) is 0 Å². The van der Waals surface area contributed by atoms with Gasteiger partial charge in [0.05, 0.1) is 24.5 Å². The van der Waals surface area contributed by atoms with Gasteiger partial charge in [-0.25, -0.2) is 9.29 Å². The van der Waals surface area contributed by atoms with E-state index in [1.54, 1.807) is 55.6 Å². The molecule has 0 spiro atoms. The molecule has 1 N–H and O–H groups in total. The zero-order valence-corrected chi connectivity index (χ0v) is 18.5. The molecule has 1 heterocycles. The molecule has 2 amide bonds. The van der Waals surface area contributed by atoms with E-state index in [9.17, 15) is 14.0 Å². The topological polar surface area (TPSA) is 67.9 Å². The van der Waals surface area contributed by atoms with Crippen LogP contribution in [0.1, 0.15) is 19.4 Å². The molecule has 4 rings (SSSR count). The van der Waals surface area contributed by atoms with Crippen LogP contribution in [0.2, 0.25) is 0 Å². The number of carbonyl (C=O) groups is 2. The van der Waals surface area contributed by atoms with Crippen LogP contribution in [0.15, 0.2) is 78.5 Å². The summed E-state index contributed by atoms with van der Waals surface area (Å²) in [6.45, 7) is 3.84. The van der Waals surface area contributed by atoms with Crippen LogP contribution < -0.4 is 19.7 Å². The molecule has 0 unspecified atom stereocenters. The van der Waals surface area contributed by atoms with E-state index in [1.165, 1.54) is 18.2 Å². The summed E-state index contributed by atoms with van der Waals surface area (Å²) in [5, 5.41) is 3.07. The Kier molecular flexibility index (Phi) is 6.13. The average molecular weight is 446 g/mol. The van der Waals surface area contributed by atoms with Crippen LogP contribution in [-0.2, 0) is 9.59 Å². The number of rotatable bonds is 7. The molecule has 0 saturated heterocycles. The number of hydrogen-bond donors (Lipinski definition) is 1. The first-order chi connectivity index (χ1) is 15.9. The van der Waals surface area contributed by atoms with Gasteiger partial charge in [-0.3, -0.25) is 9.59 Å². The lowest BCUT2D eigenvalue weighted by atomic mass is 10.0. The van der Waals surface area contributed by atoms with Gasteiger partial charge in [0, 0.05) is 11.8 Å². The van der Waals surface area contributed by atoms with Crippen LogP contribution in [0.5, 0.6) is 11.5 Å². The summed E-state index contributed by atoms with van der Waals surface area (Å²) in [5.41, 5.74) is 1.54. The third kappa shape index (κ3) is 4.57. The lowest BCUT2D eigenvalue weighted by Crippen LogP contribution is -2.32. The number of ether oxygens (including phenoxy) is 2. The van der Waals surface area contributed by atoms with E-state index in [2.05, 4.69) is 5.32 Å². The van der Waals surface area contributed by atoms with Gasteiger partial charge in [0.15, 0.2) is 0 Å². The fourth-order valence-corrected chi connectivity index (χ4v) is 3.58. The monoisotopic (exact) mass is 446 g/mol. The normalized spacial score (nSPS) is 13.7. The number of hydrogen-bond acceptors (Lipinski definition) is 5. The average Bonchev–Trinajstić information content (AvgIpc) is 3.03. The number of halogens is 1. The Morgan fingerprint density at radius 1 is 0.879 bits per heavy atom. The van der Waals surface area contributed by atoms with E-state index in [0.29, 0.717) is 22.7 Å². The van der Waals surface area contributed by atoms with Gasteiger partial charge in [-0.2, -0.15) is 0 Å². The minimum absolute atomic E-state index is 0.00138. The third-order valence-corrected chi connectivity index (χ3v) is 5.00. The first-order valence-electron chi connectivity index (χ1n) is 10.4. The summed E-state index contributed by atoms with van der Waals surface area (Å²) in [5.74, 6) is -0.426. The highest BCUT2D eigenvalue weighted by molar-refractivity contribution is 6.46. The van der Waals surface area contributed by atoms with Crippen LogP contribution >= 0.6 is 0 Å². The number of nitrogens with one attached hydrogen (secondary N) is 1. The van der Waals surface area contributed by atoms with Crippen molar-refractivity contribution in [2.75, 3.05) is 17.3 Å². The molecule has 1 aliphatic heterocycles. The van der Waals surface area contributed by atoms with Gasteiger partial charge < -0.3 is 14.8 Å². The molecule has 0 bridgehead atoms. The number of imide groups is 1. The van der Waals surface area contributed by atoms with Crippen molar-refractivity contribution in [1.82, 2.24) is 0 Å². The van der Waals surface area contributed by atoms with Crippen molar-refractivity contribution in [3.05, 3.63) is 89.9 Å². The molecule has 1 aliphatic rings. The van der Waals surface area contributed by atoms with Crippen molar-refractivity contribution in [1.29, 1.82) is 0 Å². The van der Waals surface area contributed by atoms with E-state index >= 15 is 0 Å². The Labute approximate surface area is 191 Å². The number of methoxy groups -OCH3 is 1. The van der Waals surface area contributed by atoms with E-state index in [0.717, 1.165) is 11.0 Å². The molecule has 3 aromatic carbocycles. The molecule has 7 heteroatoms. The van der Waals surface area contributed by atoms with Crippen LogP contribution in [-0.4, -0.2) is 25.0 Å². The fourth-order valence-electron chi connectivity index (χ4n) is 3.58. The molecular weight excluding hydrogens is 423 g/mol. The van der Waals surface area contributed by atoms with Crippen molar-refractivity contribution in [2.45, 2.75) is 20.0 Å². The predicted octanol–water partition coefficient (Wildman–Crippen LogP) is 5.02. The quantitative estimate of drug-likeness (QED) is 0.517. The van der Waals surface area contributed by atoms with Gasteiger partial charge in [-0.15, -0.1) is 0 Å². The Morgan fingerprint density at radius 3 is 2.27 bits per heavy atom. The highest BCUT2D eigenvalue weighted by Crippen LogP contribution is 2.35. The molecule has 0 aliphatic carbocycles. The van der Waals surface area contributed by atoms with Crippen molar-refractivity contribution < 1.29 is 23.5 Å². The second-order valence-electron chi connectivity index (χ2n) is 7.72. The first-order valence-corrected chi connectivity index (χ1v) is 10.4. The minimum atomic E-state index is -0.578. The molecule has 6 nitrogen and oxygen atoms in total. The maximum Gasteiger partial charge on any atom is 0.282 e. The van der Waals surface area contributed by atoms with E-state index in [-0.39, 0.29) is 23.1 Å². The number of anilines is 2. The predicted molar refractivity (Wildman–Crippen MR) is 125 cm³/mol. The second-order valence-corrected chi connectivity index (χ2v) is 7.72. The summed E-state index contributed by atoms with van der Waals surface area (Å²) in [6.07, 6.45) is -0.00138. The molecule has 0 fully saturated rings. The number of benzene rings is 3. The Balaban J connectivity index is 1.78. The molecule has 0 aromatic heterocycles. The Hall–Kier alpha value is -4.13. The van der Waals surface area contributed by atoms with Crippen molar-refractivity contribution in [3.8, 4) is 11.5 Å². The summed E-state index contributed by atoms with van der Waals surface area (Å²) < 4.78 is 24.8. The molecular formula is C26H23FN2O4. The standard InChI is InChI=1S/C26H23FN2O4/c1-16(2)33-21-12-10-17(11-13-21)23-24(28-19-7-5-9-22(15-19)32-3)26(31)29(25(23)30)20-8-4-6-18(27)14-20/h4-16,28H,1-3H3. The fraction of sp³-hybridized carbons (Fsp3) is 0.154. The third-order valence-electron chi connectivity index (χ3n) is 5.00. The van der Waals surface area contributed by atoms with Gasteiger partial charge in [0.1, 0.15) is 23.0 Å². The zero-order chi connectivity index (χ0) is 23.5. The van der Waals surface area contributed by atoms with Crippen LogP contribution in [0.25, 0.3) is 5.57 Å². The van der Waals surface area contributed by atoms with Crippen LogP contribution in [0, 0.1) is 5.82 Å². The Morgan fingerprint density at radius 2 is 1.61 bits per heavy atom. The van der Waals surface area contributed by atoms with Gasteiger partial charge in [0.2, 0.25) is 0 Å². The molecule has 3 aromatic rings. The minimum Gasteiger partial charge on any atom is -0.497 e. The SMILES string of the molecule is COc1cccc(NC2=C(c3ccc(OC(C)C)cc3)C(=O)N(c3cccc(F)c3)C2=O)c1. The summed E-state index contributed by atoms with van der Waals surface area (Å²) in [6, 6.07) is 19.3. The van der Waals surface area contributed by atoms with Gasteiger partial charge in [0.25, 0.3) is 11.8 Å². The molecule has 0 radical (unpaired) electrons. The largest absolute Gasteiger partial charge is 0.497 e. The summed E-state index contributed by atoms with van der Waals surface area (Å²) >= 11 is 0. The lowest BCUT2D eigenvalue weighted by molar-refractivity contribution is -0.120. The van der Waals surface area contributed by atoms with Gasteiger partial charge in [-0.05, 0) is 61.9 Å².